The average molecular weight is 693 g/mol. The van der Waals surface area contributed by atoms with E-state index in [0.717, 1.165) is 64.2 Å². The zero-order valence-electron chi connectivity index (χ0n) is 32.7. The molecule has 1 atom stereocenters. The first-order valence-electron chi connectivity index (χ1n) is 21.2. The van der Waals surface area contributed by atoms with Crippen molar-refractivity contribution >= 4 is 17.9 Å². The molecule has 0 saturated carbocycles. The second kappa shape index (κ2) is 38.9. The molecule has 0 heterocycles. The van der Waals surface area contributed by atoms with Crippen molar-refractivity contribution in [2.45, 2.75) is 232 Å². The number of carbonyl (C=O) groups is 3. The number of unbranched alkanes of at least 4 members (excludes halogenated alkanes) is 25. The summed E-state index contributed by atoms with van der Waals surface area (Å²) in [6, 6.07) is 0. The van der Waals surface area contributed by atoms with Gasteiger partial charge in [0.1, 0.15) is 13.2 Å². The first-order valence-corrected chi connectivity index (χ1v) is 21.2. The highest BCUT2D eigenvalue weighted by Crippen LogP contribution is 2.14. The monoisotopic (exact) mass is 693 g/mol. The maximum atomic E-state index is 12.5. The largest absolute Gasteiger partial charge is 0.462 e. The van der Waals surface area contributed by atoms with Crippen LogP contribution in [0.4, 0.5) is 0 Å². The third-order valence-corrected chi connectivity index (χ3v) is 9.27. The average Bonchev–Trinajstić information content (AvgIpc) is 3.09. The molecule has 0 radical (unpaired) electrons. The van der Waals surface area contributed by atoms with Crippen LogP contribution in [0, 0.1) is 0 Å². The third-order valence-electron chi connectivity index (χ3n) is 9.27. The summed E-state index contributed by atoms with van der Waals surface area (Å²) in [5.41, 5.74) is 0. The fourth-order valence-corrected chi connectivity index (χ4v) is 6.02. The summed E-state index contributed by atoms with van der Waals surface area (Å²) in [4.78, 5) is 37.2. The Kier molecular flexibility index (Phi) is 37.5. The number of esters is 3. The lowest BCUT2D eigenvalue weighted by Gasteiger charge is -2.18. The molecule has 0 amide bonds. The van der Waals surface area contributed by atoms with Gasteiger partial charge in [-0.3, -0.25) is 14.4 Å². The van der Waals surface area contributed by atoms with Gasteiger partial charge in [0, 0.05) is 19.3 Å². The molecule has 0 aromatic heterocycles. The predicted octanol–water partition coefficient (Wildman–Crippen LogP) is 13.1. The van der Waals surface area contributed by atoms with Crippen molar-refractivity contribution in [3.8, 4) is 0 Å². The van der Waals surface area contributed by atoms with Crippen LogP contribution in [-0.2, 0) is 28.6 Å². The van der Waals surface area contributed by atoms with E-state index in [1.807, 2.05) is 0 Å². The smallest absolute Gasteiger partial charge is 0.306 e. The van der Waals surface area contributed by atoms with Gasteiger partial charge >= 0.3 is 17.9 Å². The summed E-state index contributed by atoms with van der Waals surface area (Å²) < 4.78 is 16.5. The fourth-order valence-electron chi connectivity index (χ4n) is 6.02. The summed E-state index contributed by atoms with van der Waals surface area (Å²) in [5, 5.41) is 0. The Morgan fingerprint density at radius 3 is 1.02 bits per heavy atom. The van der Waals surface area contributed by atoms with E-state index in [-0.39, 0.29) is 31.1 Å². The van der Waals surface area contributed by atoms with Crippen molar-refractivity contribution in [3.05, 3.63) is 12.2 Å². The molecule has 0 fully saturated rings. The fraction of sp³-hybridized carbons (Fsp3) is 0.884. The Balaban J connectivity index is 4.07. The van der Waals surface area contributed by atoms with Crippen LogP contribution in [-0.4, -0.2) is 37.2 Å². The Hall–Kier alpha value is -1.85. The molecule has 49 heavy (non-hydrogen) atoms. The van der Waals surface area contributed by atoms with Gasteiger partial charge in [0.05, 0.1) is 0 Å². The van der Waals surface area contributed by atoms with Crippen molar-refractivity contribution in [2.24, 2.45) is 0 Å². The number of rotatable bonds is 38. The van der Waals surface area contributed by atoms with Crippen LogP contribution < -0.4 is 0 Å². The van der Waals surface area contributed by atoms with Crippen molar-refractivity contribution in [2.75, 3.05) is 13.2 Å². The van der Waals surface area contributed by atoms with E-state index in [1.165, 1.54) is 122 Å². The van der Waals surface area contributed by atoms with Crippen molar-refractivity contribution < 1.29 is 28.6 Å². The second-order valence-corrected chi connectivity index (χ2v) is 14.3. The summed E-state index contributed by atoms with van der Waals surface area (Å²) in [5.74, 6) is -0.889. The highest BCUT2D eigenvalue weighted by molar-refractivity contribution is 5.71. The highest BCUT2D eigenvalue weighted by atomic mass is 16.6. The van der Waals surface area contributed by atoms with Crippen LogP contribution in [0.3, 0.4) is 0 Å². The van der Waals surface area contributed by atoms with E-state index in [9.17, 15) is 14.4 Å². The lowest BCUT2D eigenvalue weighted by atomic mass is 10.1. The van der Waals surface area contributed by atoms with Crippen LogP contribution >= 0.6 is 0 Å². The summed E-state index contributed by atoms with van der Waals surface area (Å²) >= 11 is 0. The molecular weight excluding hydrogens is 612 g/mol. The molecule has 1 unspecified atom stereocenters. The van der Waals surface area contributed by atoms with E-state index >= 15 is 0 Å². The quantitative estimate of drug-likeness (QED) is 0.0277. The molecule has 0 aliphatic rings. The Morgan fingerprint density at radius 2 is 0.673 bits per heavy atom. The third kappa shape index (κ3) is 37.2. The summed E-state index contributed by atoms with van der Waals surface area (Å²) in [7, 11) is 0. The van der Waals surface area contributed by atoms with Crippen LogP contribution in [0.5, 0.6) is 0 Å². The molecule has 0 saturated heterocycles. The number of carbonyl (C=O) groups excluding carboxylic acids is 3. The summed E-state index contributed by atoms with van der Waals surface area (Å²) in [6.07, 6.45) is 39.6. The standard InChI is InChI=1S/C43H80O6/c1-4-7-10-13-15-16-17-18-19-20-21-22-23-24-25-26-28-30-33-36-42(45)48-39-40(38-47-41(44)35-32-29-12-9-6-3)49-43(46)37-34-31-27-14-11-8-5-2/h18-19,40H,4-17,20-39H2,1-3H3/b19-18-. The van der Waals surface area contributed by atoms with Crippen LogP contribution in [0.2, 0.25) is 0 Å². The predicted molar refractivity (Wildman–Crippen MR) is 206 cm³/mol. The number of allylic oxidation sites excluding steroid dienone is 2. The second-order valence-electron chi connectivity index (χ2n) is 14.3. The van der Waals surface area contributed by atoms with Gasteiger partial charge in [-0.05, 0) is 44.9 Å². The van der Waals surface area contributed by atoms with Gasteiger partial charge in [0.25, 0.3) is 0 Å². The normalized spacial score (nSPS) is 12.0. The van der Waals surface area contributed by atoms with Crippen LogP contribution in [0.1, 0.15) is 226 Å². The zero-order valence-corrected chi connectivity index (χ0v) is 32.7. The van der Waals surface area contributed by atoms with Gasteiger partial charge in [0.15, 0.2) is 6.10 Å². The minimum Gasteiger partial charge on any atom is -0.462 e. The highest BCUT2D eigenvalue weighted by Gasteiger charge is 2.19. The van der Waals surface area contributed by atoms with Gasteiger partial charge in [0.2, 0.25) is 0 Å². The van der Waals surface area contributed by atoms with E-state index in [1.54, 1.807) is 0 Å². The van der Waals surface area contributed by atoms with Gasteiger partial charge in [-0.2, -0.15) is 0 Å². The van der Waals surface area contributed by atoms with E-state index in [4.69, 9.17) is 14.2 Å². The first kappa shape index (κ1) is 47.1. The zero-order chi connectivity index (χ0) is 35.9. The summed E-state index contributed by atoms with van der Waals surface area (Å²) in [6.45, 7) is 6.50. The number of ether oxygens (including phenoxy) is 3. The maximum absolute atomic E-state index is 12.5. The molecule has 0 aliphatic heterocycles. The molecule has 0 aliphatic carbocycles. The molecule has 288 valence electrons. The molecule has 0 bridgehead atoms. The van der Waals surface area contributed by atoms with Crippen molar-refractivity contribution in [1.82, 2.24) is 0 Å². The van der Waals surface area contributed by atoms with Gasteiger partial charge in [-0.1, -0.05) is 174 Å². The van der Waals surface area contributed by atoms with E-state index < -0.39 is 6.10 Å². The molecule has 0 rings (SSSR count). The minimum atomic E-state index is -0.758. The topological polar surface area (TPSA) is 78.9 Å². The molecule has 0 aromatic carbocycles. The Bertz CT molecular complexity index is 763. The number of hydrogen-bond acceptors (Lipinski definition) is 6. The molecule has 6 nitrogen and oxygen atoms in total. The maximum Gasteiger partial charge on any atom is 0.306 e. The van der Waals surface area contributed by atoms with E-state index in [0.29, 0.717) is 19.3 Å². The van der Waals surface area contributed by atoms with Gasteiger partial charge in [-0.25, -0.2) is 0 Å². The van der Waals surface area contributed by atoms with Crippen LogP contribution in [0.15, 0.2) is 12.2 Å². The van der Waals surface area contributed by atoms with E-state index in [2.05, 4.69) is 32.9 Å². The van der Waals surface area contributed by atoms with Crippen molar-refractivity contribution in [1.29, 1.82) is 0 Å². The molecular formula is C43H80O6. The van der Waals surface area contributed by atoms with Gasteiger partial charge < -0.3 is 14.2 Å². The lowest BCUT2D eigenvalue weighted by Crippen LogP contribution is -2.30. The molecule has 0 spiro atoms. The van der Waals surface area contributed by atoms with Gasteiger partial charge in [-0.15, -0.1) is 0 Å². The van der Waals surface area contributed by atoms with Crippen LogP contribution in [0.25, 0.3) is 0 Å². The molecule has 0 N–H and O–H groups in total. The molecule has 0 aromatic rings. The Morgan fingerprint density at radius 1 is 0.388 bits per heavy atom. The first-order chi connectivity index (χ1) is 24.0. The lowest BCUT2D eigenvalue weighted by molar-refractivity contribution is -0.167. The minimum absolute atomic E-state index is 0.0692. The number of hydrogen-bond donors (Lipinski definition) is 0. The molecule has 6 heteroatoms. The SMILES string of the molecule is CCCCCCCC/C=C\CCCCCCCCCCCC(=O)OCC(COC(=O)CCCCCCC)OC(=O)CCCCCCCCC. The Labute approximate surface area is 303 Å². The van der Waals surface area contributed by atoms with Crippen molar-refractivity contribution in [3.63, 3.8) is 0 Å².